The molecule has 0 aliphatic rings. The standard InChI is InChI=1S/C19H15N3O2/c1-24-19-15(6-3-7-20-19)17-11-22-18-16(17)9-13(10-21-18)12-4-2-5-14(23)8-12/h2-11,23H,1H3,(H,21,22). The summed E-state index contributed by atoms with van der Waals surface area (Å²) in [6, 6.07) is 13.0. The van der Waals surface area contributed by atoms with Crippen LogP contribution in [-0.4, -0.2) is 27.2 Å². The van der Waals surface area contributed by atoms with Gasteiger partial charge in [0.05, 0.1) is 7.11 Å². The van der Waals surface area contributed by atoms with Crippen LogP contribution in [0.5, 0.6) is 11.6 Å². The van der Waals surface area contributed by atoms with Crippen LogP contribution >= 0.6 is 0 Å². The number of aromatic amines is 1. The van der Waals surface area contributed by atoms with E-state index in [0.717, 1.165) is 33.3 Å². The van der Waals surface area contributed by atoms with Crippen molar-refractivity contribution in [2.75, 3.05) is 7.11 Å². The van der Waals surface area contributed by atoms with E-state index >= 15 is 0 Å². The first-order valence-electron chi connectivity index (χ1n) is 7.52. The molecular weight excluding hydrogens is 302 g/mol. The Morgan fingerprint density at radius 3 is 2.75 bits per heavy atom. The first kappa shape index (κ1) is 14.3. The highest BCUT2D eigenvalue weighted by Gasteiger charge is 2.13. The largest absolute Gasteiger partial charge is 0.508 e. The van der Waals surface area contributed by atoms with Crippen LogP contribution in [0.25, 0.3) is 33.3 Å². The topological polar surface area (TPSA) is 71.0 Å². The van der Waals surface area contributed by atoms with Crippen LogP contribution < -0.4 is 4.74 Å². The summed E-state index contributed by atoms with van der Waals surface area (Å²) in [6.07, 6.45) is 5.40. The summed E-state index contributed by atoms with van der Waals surface area (Å²) >= 11 is 0. The van der Waals surface area contributed by atoms with Gasteiger partial charge in [-0.1, -0.05) is 12.1 Å². The number of pyridine rings is 2. The zero-order chi connectivity index (χ0) is 16.5. The van der Waals surface area contributed by atoms with E-state index in [9.17, 15) is 5.11 Å². The van der Waals surface area contributed by atoms with Crippen molar-refractivity contribution in [1.82, 2.24) is 15.0 Å². The normalized spacial score (nSPS) is 10.9. The van der Waals surface area contributed by atoms with Crippen LogP contribution in [0.2, 0.25) is 0 Å². The molecule has 0 amide bonds. The molecule has 0 atom stereocenters. The van der Waals surface area contributed by atoms with Crippen molar-refractivity contribution in [3.05, 3.63) is 61.1 Å². The van der Waals surface area contributed by atoms with Gasteiger partial charge >= 0.3 is 0 Å². The first-order chi connectivity index (χ1) is 11.8. The predicted molar refractivity (Wildman–Crippen MR) is 93.0 cm³/mol. The van der Waals surface area contributed by atoms with Crippen molar-refractivity contribution in [2.45, 2.75) is 0 Å². The average molecular weight is 317 g/mol. The Morgan fingerprint density at radius 1 is 1.00 bits per heavy atom. The van der Waals surface area contributed by atoms with Gasteiger partial charge in [-0.15, -0.1) is 0 Å². The molecule has 4 aromatic rings. The van der Waals surface area contributed by atoms with Gasteiger partial charge in [-0.25, -0.2) is 9.97 Å². The molecular formula is C19H15N3O2. The fraction of sp³-hybridized carbons (Fsp3) is 0.0526. The van der Waals surface area contributed by atoms with E-state index in [1.807, 2.05) is 30.5 Å². The van der Waals surface area contributed by atoms with Gasteiger partial charge in [-0.05, 0) is 35.9 Å². The molecule has 0 saturated carbocycles. The van der Waals surface area contributed by atoms with Crippen molar-refractivity contribution in [1.29, 1.82) is 0 Å². The Balaban J connectivity index is 1.91. The van der Waals surface area contributed by atoms with Gasteiger partial charge < -0.3 is 14.8 Å². The number of hydrogen-bond donors (Lipinski definition) is 2. The molecule has 0 aliphatic carbocycles. The van der Waals surface area contributed by atoms with E-state index in [2.05, 4.69) is 21.0 Å². The molecule has 0 unspecified atom stereocenters. The molecule has 0 radical (unpaired) electrons. The summed E-state index contributed by atoms with van der Waals surface area (Å²) < 4.78 is 5.37. The molecule has 0 aliphatic heterocycles. The third kappa shape index (κ3) is 2.36. The van der Waals surface area contributed by atoms with Crippen LogP contribution in [0.1, 0.15) is 0 Å². The van der Waals surface area contributed by atoms with E-state index in [1.165, 1.54) is 0 Å². The summed E-state index contributed by atoms with van der Waals surface area (Å²) in [7, 11) is 1.61. The molecule has 0 spiro atoms. The first-order valence-corrected chi connectivity index (χ1v) is 7.52. The maximum absolute atomic E-state index is 9.70. The number of fused-ring (bicyclic) bond motifs is 1. The fourth-order valence-corrected chi connectivity index (χ4v) is 2.83. The Bertz CT molecular complexity index is 1020. The zero-order valence-corrected chi connectivity index (χ0v) is 13.0. The average Bonchev–Trinajstić information content (AvgIpc) is 3.04. The number of nitrogens with zero attached hydrogens (tertiary/aromatic N) is 2. The number of methoxy groups -OCH3 is 1. The maximum Gasteiger partial charge on any atom is 0.221 e. The van der Waals surface area contributed by atoms with Gasteiger partial charge in [0.25, 0.3) is 0 Å². The predicted octanol–water partition coefficient (Wildman–Crippen LogP) is 4.01. The fourth-order valence-electron chi connectivity index (χ4n) is 2.83. The minimum absolute atomic E-state index is 0.232. The number of benzene rings is 1. The van der Waals surface area contributed by atoms with Crippen LogP contribution in [0.3, 0.4) is 0 Å². The number of rotatable bonds is 3. The third-order valence-corrected chi connectivity index (χ3v) is 3.97. The molecule has 0 saturated heterocycles. The number of aromatic hydroxyl groups is 1. The monoisotopic (exact) mass is 317 g/mol. The number of phenols is 1. The smallest absolute Gasteiger partial charge is 0.221 e. The second-order valence-corrected chi connectivity index (χ2v) is 5.43. The molecule has 2 N–H and O–H groups in total. The van der Waals surface area contributed by atoms with Gasteiger partial charge in [-0.2, -0.15) is 0 Å². The van der Waals surface area contributed by atoms with Crippen LogP contribution in [0, 0.1) is 0 Å². The lowest BCUT2D eigenvalue weighted by Gasteiger charge is -2.07. The summed E-state index contributed by atoms with van der Waals surface area (Å²) in [4.78, 5) is 11.9. The maximum atomic E-state index is 9.70. The molecule has 4 rings (SSSR count). The second kappa shape index (κ2) is 5.70. The van der Waals surface area contributed by atoms with E-state index in [0.29, 0.717) is 5.88 Å². The second-order valence-electron chi connectivity index (χ2n) is 5.43. The third-order valence-electron chi connectivity index (χ3n) is 3.97. The number of nitrogens with one attached hydrogen (secondary N) is 1. The summed E-state index contributed by atoms with van der Waals surface area (Å²) in [5.74, 6) is 0.803. The van der Waals surface area contributed by atoms with E-state index in [-0.39, 0.29) is 5.75 Å². The van der Waals surface area contributed by atoms with Crippen molar-refractivity contribution >= 4 is 11.0 Å². The van der Waals surface area contributed by atoms with Crippen molar-refractivity contribution in [3.63, 3.8) is 0 Å². The molecule has 1 aromatic carbocycles. The highest BCUT2D eigenvalue weighted by atomic mass is 16.5. The highest BCUT2D eigenvalue weighted by Crippen LogP contribution is 2.35. The minimum atomic E-state index is 0.232. The number of ether oxygens (including phenoxy) is 1. The van der Waals surface area contributed by atoms with Crippen LogP contribution in [-0.2, 0) is 0 Å². The van der Waals surface area contributed by atoms with Gasteiger partial charge in [0.2, 0.25) is 5.88 Å². The lowest BCUT2D eigenvalue weighted by Crippen LogP contribution is -1.90. The highest BCUT2D eigenvalue weighted by molar-refractivity contribution is 5.96. The van der Waals surface area contributed by atoms with E-state index < -0.39 is 0 Å². The Labute approximate surface area is 138 Å². The Hall–Kier alpha value is -3.34. The van der Waals surface area contributed by atoms with Crippen LogP contribution in [0.4, 0.5) is 0 Å². The van der Waals surface area contributed by atoms with Crippen LogP contribution in [0.15, 0.2) is 61.1 Å². The minimum Gasteiger partial charge on any atom is -0.508 e. The molecule has 0 fully saturated rings. The van der Waals surface area contributed by atoms with Crippen molar-refractivity contribution in [2.24, 2.45) is 0 Å². The Kier molecular flexibility index (Phi) is 3.39. The van der Waals surface area contributed by atoms with E-state index in [1.54, 1.807) is 31.6 Å². The molecule has 0 bridgehead atoms. The van der Waals surface area contributed by atoms with Crippen molar-refractivity contribution in [3.8, 4) is 33.9 Å². The van der Waals surface area contributed by atoms with E-state index in [4.69, 9.17) is 4.74 Å². The zero-order valence-electron chi connectivity index (χ0n) is 13.0. The number of H-pyrrole nitrogens is 1. The number of hydrogen-bond acceptors (Lipinski definition) is 4. The van der Waals surface area contributed by atoms with Gasteiger partial charge in [-0.3, -0.25) is 0 Å². The van der Waals surface area contributed by atoms with Gasteiger partial charge in [0, 0.05) is 40.7 Å². The molecule has 5 heteroatoms. The van der Waals surface area contributed by atoms with Gasteiger partial charge in [0.15, 0.2) is 0 Å². The lowest BCUT2D eigenvalue weighted by atomic mass is 10.0. The molecule has 5 nitrogen and oxygen atoms in total. The lowest BCUT2D eigenvalue weighted by molar-refractivity contribution is 0.400. The molecule has 24 heavy (non-hydrogen) atoms. The van der Waals surface area contributed by atoms with Gasteiger partial charge in [0.1, 0.15) is 11.4 Å². The number of aromatic nitrogens is 3. The summed E-state index contributed by atoms with van der Waals surface area (Å²) in [6.45, 7) is 0. The molecule has 3 aromatic heterocycles. The summed E-state index contributed by atoms with van der Waals surface area (Å²) in [5.41, 5.74) is 4.52. The molecule has 118 valence electrons. The van der Waals surface area contributed by atoms with Crippen molar-refractivity contribution < 1.29 is 9.84 Å². The number of phenolic OH excluding ortho intramolecular Hbond substituents is 1. The Morgan fingerprint density at radius 2 is 1.92 bits per heavy atom. The quantitative estimate of drug-likeness (QED) is 0.599. The summed E-state index contributed by atoms with van der Waals surface area (Å²) in [5, 5.41) is 10.7. The molecule has 3 heterocycles. The SMILES string of the molecule is COc1ncccc1-c1c[nH]c2ncc(-c3cccc(O)c3)cc12.